The van der Waals surface area contributed by atoms with Crippen LogP contribution in [0.5, 0.6) is 0 Å². The van der Waals surface area contributed by atoms with E-state index in [2.05, 4.69) is 48.2 Å². The fourth-order valence-corrected chi connectivity index (χ4v) is 5.38. The zero-order valence-electron chi connectivity index (χ0n) is 24.7. The average Bonchev–Trinajstić information content (AvgIpc) is 2.96. The summed E-state index contributed by atoms with van der Waals surface area (Å²) >= 11 is 0. The van der Waals surface area contributed by atoms with Crippen molar-refractivity contribution in [3.05, 3.63) is 64.1 Å². The minimum absolute atomic E-state index is 0. The molecule has 0 bridgehead atoms. The number of likely N-dealkylation sites (N-methyl/N-ethyl adjacent to an activating group) is 1. The number of pyridine rings is 1. The number of benzene rings is 1. The molecule has 0 radical (unpaired) electrons. The molecule has 44 heavy (non-hydrogen) atoms. The molecule has 15 heteroatoms. The molecule has 1 amide bonds. The maximum atomic E-state index is 15.8. The summed E-state index contributed by atoms with van der Waals surface area (Å²) in [5.41, 5.74) is -2.29. The monoisotopic (exact) mass is 731 g/mol. The van der Waals surface area contributed by atoms with Crippen LogP contribution in [-0.2, 0) is 10.9 Å². The molecule has 2 N–H and O–H groups in total. The van der Waals surface area contributed by atoms with Gasteiger partial charge in [0.05, 0.1) is 62.9 Å². The summed E-state index contributed by atoms with van der Waals surface area (Å²) < 4.78 is 63.1. The molecule has 3 aromatic rings. The van der Waals surface area contributed by atoms with Crippen molar-refractivity contribution >= 4 is 23.2 Å². The number of carbonyl (C=O) groups excluding carboxylic acids is 1. The number of hydrogen-bond donors (Lipinski definition) is 2. The molecular formula is C29H34F4IN7O3. The molecule has 4 heterocycles. The summed E-state index contributed by atoms with van der Waals surface area (Å²) in [5, 5.41) is 2.57. The largest absolute Gasteiger partial charge is 1.00 e. The van der Waals surface area contributed by atoms with Gasteiger partial charge in [0.1, 0.15) is 17.9 Å². The first-order chi connectivity index (χ1) is 20.3. The Bertz CT molecular complexity index is 1550. The summed E-state index contributed by atoms with van der Waals surface area (Å²) in [4.78, 5) is 39.8. The number of morpholine rings is 1. The van der Waals surface area contributed by atoms with E-state index in [1.807, 2.05) is 9.80 Å². The van der Waals surface area contributed by atoms with Gasteiger partial charge in [0.2, 0.25) is 11.5 Å². The molecule has 2 aromatic heterocycles. The zero-order valence-corrected chi connectivity index (χ0v) is 26.9. The lowest BCUT2D eigenvalue weighted by atomic mass is 10.0. The number of halogens is 5. The fourth-order valence-electron chi connectivity index (χ4n) is 5.38. The number of hydrogen-bond acceptors (Lipinski definition) is 7. The number of aromatic nitrogens is 3. The predicted octanol–water partition coefficient (Wildman–Crippen LogP) is 0.756. The minimum atomic E-state index is -4.95. The number of alkyl halides is 3. The number of anilines is 3. The Labute approximate surface area is 269 Å². The molecule has 2 atom stereocenters. The van der Waals surface area contributed by atoms with Crippen molar-refractivity contribution in [3.63, 3.8) is 0 Å². The quantitative estimate of drug-likeness (QED) is 0.227. The molecule has 2 saturated heterocycles. The van der Waals surface area contributed by atoms with Crippen molar-refractivity contribution in [2.24, 2.45) is 0 Å². The van der Waals surface area contributed by atoms with Gasteiger partial charge in [-0.2, -0.15) is 13.2 Å². The van der Waals surface area contributed by atoms with Crippen molar-refractivity contribution in [2.75, 3.05) is 68.6 Å². The van der Waals surface area contributed by atoms with Crippen molar-refractivity contribution in [1.82, 2.24) is 15.0 Å². The first kappa shape index (κ1) is 33.6. The fraction of sp³-hybridized carbons (Fsp3) is 0.448. The second kappa shape index (κ2) is 13.0. The minimum Gasteiger partial charge on any atom is -1.00 e. The van der Waals surface area contributed by atoms with Crippen LogP contribution in [0.25, 0.3) is 11.1 Å². The highest BCUT2D eigenvalue weighted by molar-refractivity contribution is 6.07. The third-order valence-corrected chi connectivity index (χ3v) is 8.63. The normalized spacial score (nSPS) is 20.2. The van der Waals surface area contributed by atoms with E-state index < -0.39 is 34.6 Å². The molecule has 0 spiro atoms. The highest BCUT2D eigenvalue weighted by atomic mass is 127. The van der Waals surface area contributed by atoms with Crippen LogP contribution in [0.2, 0.25) is 0 Å². The molecular weight excluding hydrogens is 697 g/mol. The lowest BCUT2D eigenvalue weighted by molar-refractivity contribution is -0.935. The molecule has 0 saturated carbocycles. The summed E-state index contributed by atoms with van der Waals surface area (Å²) in [6.45, 7) is 7.48. The van der Waals surface area contributed by atoms with Gasteiger partial charge in [-0.15, -0.1) is 0 Å². The first-order valence-corrected chi connectivity index (χ1v) is 13.9. The van der Waals surface area contributed by atoms with Gasteiger partial charge in [0, 0.05) is 48.9 Å². The molecule has 238 valence electrons. The number of amides is 1. The molecule has 2 aliphatic rings. The Morgan fingerprint density at radius 1 is 1.05 bits per heavy atom. The molecule has 2 aliphatic heterocycles. The number of aromatic amines is 1. The standard InChI is InChI=1S/C29H33F4N7O3.HI/c1-17-15-39(16-18(2)40(17,3)4)25-11-23(30)20(19-12-35-28(36-13-19)38-5-7-43-8-6-38)9-24(25)37-27(42)21-14-34-26(41)10-22(21)29(31,32)33;/h9-14,17-18H,5-8,15-16H2,1-4H3,(H-,34,37,41,42);1H/t17-,18+;. The van der Waals surface area contributed by atoms with Gasteiger partial charge in [0.25, 0.3) is 5.91 Å². The van der Waals surface area contributed by atoms with Crippen LogP contribution in [-0.4, -0.2) is 90.9 Å². The van der Waals surface area contributed by atoms with Gasteiger partial charge in [-0.05, 0) is 26.0 Å². The Kier molecular flexibility index (Phi) is 9.90. The molecule has 0 aliphatic carbocycles. The van der Waals surface area contributed by atoms with Crippen molar-refractivity contribution in [3.8, 4) is 11.1 Å². The van der Waals surface area contributed by atoms with Gasteiger partial charge in [-0.3, -0.25) is 9.59 Å². The van der Waals surface area contributed by atoms with Crippen LogP contribution in [0, 0.1) is 5.82 Å². The zero-order chi connectivity index (χ0) is 31.1. The Morgan fingerprint density at radius 2 is 1.66 bits per heavy atom. The molecule has 1 aromatic carbocycles. The summed E-state index contributed by atoms with van der Waals surface area (Å²) in [7, 11) is 4.21. The van der Waals surface area contributed by atoms with Crippen LogP contribution in [0.15, 0.2) is 41.6 Å². The lowest BCUT2D eigenvalue weighted by Gasteiger charge is -2.50. The van der Waals surface area contributed by atoms with Crippen LogP contribution >= 0.6 is 0 Å². The van der Waals surface area contributed by atoms with Crippen molar-refractivity contribution < 1.29 is 55.6 Å². The molecule has 5 rings (SSSR count). The summed E-state index contributed by atoms with van der Waals surface area (Å²) in [5.74, 6) is -1.24. The number of nitrogens with one attached hydrogen (secondary N) is 2. The molecule has 0 unspecified atom stereocenters. The maximum Gasteiger partial charge on any atom is 0.417 e. The Morgan fingerprint density at radius 3 is 2.25 bits per heavy atom. The topological polar surface area (TPSA) is 103 Å². The van der Waals surface area contributed by atoms with Gasteiger partial charge >= 0.3 is 6.18 Å². The van der Waals surface area contributed by atoms with Crippen LogP contribution in [0.4, 0.5) is 34.9 Å². The number of H-pyrrole nitrogens is 1. The van der Waals surface area contributed by atoms with Crippen LogP contribution < -0.4 is 44.7 Å². The SMILES string of the molecule is C[C@@H]1CN(c2cc(F)c(-c3cnc(N4CCOCC4)nc3)cc2NC(=O)c2c[nH]c(=O)cc2C(F)(F)F)C[C@H](C)[N+]1(C)C.[I-]. The Balaban J connectivity index is 0.00000442. The number of rotatable bonds is 5. The van der Waals surface area contributed by atoms with Crippen LogP contribution in [0.3, 0.4) is 0 Å². The number of piperazine rings is 1. The second-order valence-electron chi connectivity index (χ2n) is 11.5. The molecule has 10 nitrogen and oxygen atoms in total. The smallest absolute Gasteiger partial charge is 0.417 e. The Hall–Kier alpha value is -3.31. The average molecular weight is 732 g/mol. The van der Waals surface area contributed by atoms with Gasteiger partial charge in [-0.1, -0.05) is 0 Å². The molecule has 2 fully saturated rings. The second-order valence-corrected chi connectivity index (χ2v) is 11.5. The van der Waals surface area contributed by atoms with Crippen molar-refractivity contribution in [1.29, 1.82) is 0 Å². The number of quaternary nitrogens is 1. The number of nitrogens with zero attached hydrogens (tertiary/aromatic N) is 5. The van der Waals surface area contributed by atoms with Crippen LogP contribution in [0.1, 0.15) is 29.8 Å². The number of carbonyl (C=O) groups is 1. The van der Waals surface area contributed by atoms with E-state index in [1.165, 1.54) is 24.5 Å². The van der Waals surface area contributed by atoms with E-state index in [0.29, 0.717) is 62.7 Å². The van der Waals surface area contributed by atoms with Crippen molar-refractivity contribution in [2.45, 2.75) is 32.1 Å². The number of ether oxygens (including phenoxy) is 1. The van der Waals surface area contributed by atoms with Gasteiger partial charge < -0.3 is 53.3 Å². The first-order valence-electron chi connectivity index (χ1n) is 13.9. The summed E-state index contributed by atoms with van der Waals surface area (Å²) in [6, 6.07) is 3.27. The third kappa shape index (κ3) is 6.83. The van der Waals surface area contributed by atoms with Gasteiger partial charge in [0.15, 0.2) is 0 Å². The summed E-state index contributed by atoms with van der Waals surface area (Å²) in [6.07, 6.45) is -1.28. The van der Waals surface area contributed by atoms with E-state index in [1.54, 1.807) is 0 Å². The van der Waals surface area contributed by atoms with E-state index in [-0.39, 0.29) is 47.3 Å². The highest BCUT2D eigenvalue weighted by Crippen LogP contribution is 2.38. The van der Waals surface area contributed by atoms with E-state index in [0.717, 1.165) is 10.7 Å². The predicted molar refractivity (Wildman–Crippen MR) is 154 cm³/mol. The van der Waals surface area contributed by atoms with Gasteiger partial charge in [-0.25, -0.2) is 14.4 Å². The third-order valence-electron chi connectivity index (χ3n) is 8.63. The van der Waals surface area contributed by atoms with E-state index in [4.69, 9.17) is 4.74 Å². The van der Waals surface area contributed by atoms with E-state index in [9.17, 15) is 22.8 Å². The lowest BCUT2D eigenvalue weighted by Crippen LogP contribution is -3.00. The highest BCUT2D eigenvalue weighted by Gasteiger charge is 2.39. The van der Waals surface area contributed by atoms with E-state index >= 15 is 4.39 Å². The maximum absolute atomic E-state index is 15.8.